The third-order valence-corrected chi connectivity index (χ3v) is 4.93. The van der Waals surface area contributed by atoms with Gasteiger partial charge in [-0.1, -0.05) is 0 Å². The van der Waals surface area contributed by atoms with E-state index in [-0.39, 0.29) is 18.8 Å². The van der Waals surface area contributed by atoms with Gasteiger partial charge in [0.2, 0.25) is 0 Å². The van der Waals surface area contributed by atoms with Crippen molar-refractivity contribution in [2.24, 2.45) is 0 Å². The monoisotopic (exact) mass is 376 g/mol. The van der Waals surface area contributed by atoms with Gasteiger partial charge in [-0.25, -0.2) is 8.78 Å². The van der Waals surface area contributed by atoms with Gasteiger partial charge in [0.05, 0.1) is 15.3 Å². The van der Waals surface area contributed by atoms with Gasteiger partial charge in [0, 0.05) is 10.9 Å². The number of ketones is 1. The Hall–Kier alpha value is 0.150. The molecule has 0 aliphatic carbocycles. The molecule has 0 aromatic carbocycles. The van der Waals surface area contributed by atoms with E-state index in [4.69, 9.17) is 0 Å². The number of alkyl halides is 2. The summed E-state index contributed by atoms with van der Waals surface area (Å²) in [5.41, 5.74) is 0. The van der Waals surface area contributed by atoms with Crippen molar-refractivity contribution in [2.75, 3.05) is 13.2 Å². The fourth-order valence-electron chi connectivity index (χ4n) is 0.944. The lowest BCUT2D eigenvalue weighted by Gasteiger charge is -2.01. The van der Waals surface area contributed by atoms with E-state index in [0.717, 1.165) is 8.26 Å². The molecule has 0 amide bonds. The molecule has 1 aromatic rings. The van der Waals surface area contributed by atoms with Gasteiger partial charge in [0.1, 0.15) is 6.61 Å². The van der Waals surface area contributed by atoms with Crippen LogP contribution in [0, 0.1) is 0 Å². The highest BCUT2D eigenvalue weighted by molar-refractivity contribution is 9.13. The van der Waals surface area contributed by atoms with Crippen molar-refractivity contribution in [1.29, 1.82) is 0 Å². The quantitative estimate of drug-likeness (QED) is 0.550. The Morgan fingerprint density at radius 1 is 1.50 bits per heavy atom. The van der Waals surface area contributed by atoms with Crippen LogP contribution in [0.15, 0.2) is 14.3 Å². The minimum absolute atomic E-state index is 0.0241. The van der Waals surface area contributed by atoms with Gasteiger partial charge in [-0.3, -0.25) is 4.79 Å². The van der Waals surface area contributed by atoms with Gasteiger partial charge in [-0.05, 0) is 37.9 Å². The summed E-state index contributed by atoms with van der Waals surface area (Å²) in [5.74, 6) is -0.106. The molecule has 1 rings (SSSR count). The van der Waals surface area contributed by atoms with Gasteiger partial charge in [0.25, 0.3) is 6.43 Å². The molecule has 0 saturated carbocycles. The van der Waals surface area contributed by atoms with E-state index < -0.39 is 13.0 Å². The average molecular weight is 378 g/mol. The van der Waals surface area contributed by atoms with Gasteiger partial charge in [-0.2, -0.15) is 0 Å². The second-order valence-electron chi connectivity index (χ2n) is 2.87. The van der Waals surface area contributed by atoms with Crippen LogP contribution in [0.5, 0.6) is 0 Å². The first-order valence-electron chi connectivity index (χ1n) is 4.34. The SMILES string of the molecule is O=C(CCOCC(F)F)c1cc(Br)c(Br)s1. The smallest absolute Gasteiger partial charge is 0.261 e. The van der Waals surface area contributed by atoms with Crippen LogP contribution in [-0.2, 0) is 4.74 Å². The highest BCUT2D eigenvalue weighted by Crippen LogP contribution is 2.32. The highest BCUT2D eigenvalue weighted by Gasteiger charge is 2.12. The van der Waals surface area contributed by atoms with E-state index in [2.05, 4.69) is 36.6 Å². The predicted molar refractivity (Wildman–Crippen MR) is 65.5 cm³/mol. The van der Waals surface area contributed by atoms with Crippen LogP contribution in [0.2, 0.25) is 0 Å². The molecule has 0 aliphatic rings. The molecule has 90 valence electrons. The summed E-state index contributed by atoms with van der Waals surface area (Å²) in [7, 11) is 0. The van der Waals surface area contributed by atoms with E-state index in [1.54, 1.807) is 6.07 Å². The number of hydrogen-bond acceptors (Lipinski definition) is 3. The third-order valence-electron chi connectivity index (χ3n) is 1.64. The van der Waals surface area contributed by atoms with E-state index >= 15 is 0 Å². The summed E-state index contributed by atoms with van der Waals surface area (Å²) < 4.78 is 29.7. The molecule has 7 heteroatoms. The zero-order valence-corrected chi connectivity index (χ0v) is 12.0. The fraction of sp³-hybridized carbons (Fsp3) is 0.444. The first-order valence-corrected chi connectivity index (χ1v) is 6.75. The van der Waals surface area contributed by atoms with Gasteiger partial charge in [-0.15, -0.1) is 11.3 Å². The van der Waals surface area contributed by atoms with Crippen LogP contribution >= 0.6 is 43.2 Å². The maximum atomic E-state index is 11.7. The van der Waals surface area contributed by atoms with E-state index in [9.17, 15) is 13.6 Å². The number of carbonyl (C=O) groups is 1. The number of thiophene rings is 1. The third kappa shape index (κ3) is 4.57. The molecule has 1 aromatic heterocycles. The highest BCUT2D eigenvalue weighted by atomic mass is 79.9. The first kappa shape index (κ1) is 14.2. The van der Waals surface area contributed by atoms with Crippen LogP contribution in [0.25, 0.3) is 0 Å². The molecule has 0 bridgehead atoms. The minimum atomic E-state index is -2.49. The van der Waals surface area contributed by atoms with E-state index in [0.29, 0.717) is 4.88 Å². The average Bonchev–Trinajstić information content (AvgIpc) is 2.54. The number of rotatable bonds is 6. The van der Waals surface area contributed by atoms with Crippen molar-refractivity contribution in [3.05, 3.63) is 19.2 Å². The number of carbonyl (C=O) groups excluding carboxylic acids is 1. The van der Waals surface area contributed by atoms with Gasteiger partial charge in [0.15, 0.2) is 5.78 Å². The van der Waals surface area contributed by atoms with Crippen molar-refractivity contribution in [3.63, 3.8) is 0 Å². The zero-order valence-electron chi connectivity index (χ0n) is 8.01. The molecule has 0 atom stereocenters. The topological polar surface area (TPSA) is 26.3 Å². The number of halogens is 4. The molecule has 2 nitrogen and oxygen atoms in total. The van der Waals surface area contributed by atoms with Gasteiger partial charge >= 0.3 is 0 Å². The molecule has 0 radical (unpaired) electrons. The fourth-order valence-corrected chi connectivity index (χ4v) is 2.95. The Labute approximate surface area is 112 Å². The van der Waals surface area contributed by atoms with Crippen LogP contribution in [-0.4, -0.2) is 25.4 Å². The van der Waals surface area contributed by atoms with E-state index in [1.807, 2.05) is 0 Å². The van der Waals surface area contributed by atoms with Crippen LogP contribution < -0.4 is 0 Å². The van der Waals surface area contributed by atoms with Gasteiger partial charge < -0.3 is 4.74 Å². The molecule has 0 saturated heterocycles. The first-order chi connectivity index (χ1) is 7.50. The van der Waals surface area contributed by atoms with Crippen LogP contribution in [0.3, 0.4) is 0 Å². The van der Waals surface area contributed by atoms with Crippen molar-refractivity contribution < 1.29 is 18.3 Å². The lowest BCUT2D eigenvalue weighted by Crippen LogP contribution is -2.08. The largest absolute Gasteiger partial charge is 0.375 e. The summed E-state index contributed by atoms with van der Waals surface area (Å²) in [4.78, 5) is 12.1. The summed E-state index contributed by atoms with van der Waals surface area (Å²) in [5, 5.41) is 0. The standard InChI is InChI=1S/C9H8Br2F2O2S/c10-5-3-7(16-9(5)11)6(14)1-2-15-4-8(12)13/h3,8H,1-2,4H2. The van der Waals surface area contributed by atoms with Crippen molar-refractivity contribution >= 4 is 49.0 Å². The summed E-state index contributed by atoms with van der Waals surface area (Å²) in [6.45, 7) is -0.596. The normalized spacial score (nSPS) is 11.1. The lowest BCUT2D eigenvalue weighted by atomic mass is 10.2. The Morgan fingerprint density at radius 3 is 2.69 bits per heavy atom. The molecular weight excluding hydrogens is 370 g/mol. The number of ether oxygens (including phenoxy) is 1. The molecule has 0 aliphatic heterocycles. The molecule has 0 fully saturated rings. The summed E-state index contributed by atoms with van der Waals surface area (Å²) in [6.07, 6.45) is -2.37. The van der Waals surface area contributed by atoms with E-state index in [1.165, 1.54) is 11.3 Å². The maximum absolute atomic E-state index is 11.7. The van der Waals surface area contributed by atoms with Crippen molar-refractivity contribution in [3.8, 4) is 0 Å². The molecule has 0 N–H and O–H groups in total. The van der Waals surface area contributed by atoms with Crippen LogP contribution in [0.4, 0.5) is 8.78 Å². The van der Waals surface area contributed by atoms with Crippen molar-refractivity contribution in [1.82, 2.24) is 0 Å². The lowest BCUT2D eigenvalue weighted by molar-refractivity contribution is 0.0170. The molecule has 0 unspecified atom stereocenters. The summed E-state index contributed by atoms with van der Waals surface area (Å²) >= 11 is 7.84. The van der Waals surface area contributed by atoms with Crippen molar-refractivity contribution in [2.45, 2.75) is 12.8 Å². The Bertz CT molecular complexity index is 349. The zero-order chi connectivity index (χ0) is 12.1. The van der Waals surface area contributed by atoms with Crippen LogP contribution in [0.1, 0.15) is 16.1 Å². The summed E-state index contributed by atoms with van der Waals surface area (Å²) in [6, 6.07) is 1.70. The minimum Gasteiger partial charge on any atom is -0.375 e. The number of Topliss-reactive ketones (excluding diaryl/α,β-unsaturated/α-hetero) is 1. The Balaban J connectivity index is 2.35. The molecule has 0 spiro atoms. The number of hydrogen-bond donors (Lipinski definition) is 0. The second-order valence-corrected chi connectivity index (χ2v) is 6.10. The Morgan fingerprint density at radius 2 is 2.19 bits per heavy atom. The Kier molecular flexibility index (Phi) is 6.02. The molecule has 1 heterocycles. The maximum Gasteiger partial charge on any atom is 0.261 e. The predicted octanol–water partition coefficient (Wildman–Crippen LogP) is 4.13. The second kappa shape index (κ2) is 6.78. The molecule has 16 heavy (non-hydrogen) atoms. The molecular formula is C9H8Br2F2O2S.